The van der Waals surface area contributed by atoms with Gasteiger partial charge in [0, 0.05) is 32.3 Å². The Kier molecular flexibility index (Phi) is 4.17. The minimum absolute atomic E-state index is 0.0438. The number of hydrogen-bond acceptors (Lipinski definition) is 3. The van der Waals surface area contributed by atoms with E-state index in [2.05, 4.69) is 22.1 Å². The van der Waals surface area contributed by atoms with Gasteiger partial charge in [-0.2, -0.15) is 0 Å². The van der Waals surface area contributed by atoms with Crippen molar-refractivity contribution < 1.29 is 4.79 Å². The van der Waals surface area contributed by atoms with E-state index in [-0.39, 0.29) is 5.91 Å². The Bertz CT molecular complexity index is 404. The van der Waals surface area contributed by atoms with Crippen LogP contribution >= 0.6 is 0 Å². The Morgan fingerprint density at radius 1 is 1.67 bits per heavy atom. The lowest BCUT2D eigenvalue weighted by atomic mass is 10.2. The van der Waals surface area contributed by atoms with Gasteiger partial charge in [-0.15, -0.1) is 0 Å². The van der Waals surface area contributed by atoms with E-state index in [0.717, 1.165) is 5.56 Å². The second-order valence-corrected chi connectivity index (χ2v) is 3.00. The molecule has 0 aliphatic rings. The van der Waals surface area contributed by atoms with Crippen molar-refractivity contribution in [3.63, 3.8) is 0 Å². The van der Waals surface area contributed by atoms with Gasteiger partial charge in [0.2, 0.25) is 5.91 Å². The number of carbonyl (C=O) groups excluding carboxylic acids is 1. The molecular formula is C11H13N3O. The molecule has 0 spiro atoms. The van der Waals surface area contributed by atoms with Crippen LogP contribution in [-0.4, -0.2) is 17.4 Å². The van der Waals surface area contributed by atoms with Crippen LogP contribution in [0.1, 0.15) is 18.9 Å². The molecule has 0 aliphatic heterocycles. The van der Waals surface area contributed by atoms with Crippen LogP contribution < -0.4 is 11.1 Å². The van der Waals surface area contributed by atoms with Crippen LogP contribution in [0.5, 0.6) is 0 Å². The van der Waals surface area contributed by atoms with E-state index in [0.29, 0.717) is 18.7 Å². The number of nitrogens with zero attached hydrogens (tertiary/aromatic N) is 1. The monoisotopic (exact) mass is 203 g/mol. The number of rotatable bonds is 2. The maximum Gasteiger partial charge on any atom is 0.216 e. The molecule has 15 heavy (non-hydrogen) atoms. The molecule has 0 unspecified atom stereocenters. The molecular weight excluding hydrogens is 190 g/mol. The summed E-state index contributed by atoms with van der Waals surface area (Å²) in [6, 6.07) is 1.71. The van der Waals surface area contributed by atoms with E-state index in [1.54, 1.807) is 18.5 Å². The topological polar surface area (TPSA) is 68.0 Å². The lowest BCUT2D eigenvalue weighted by Gasteiger charge is -1.96. The standard InChI is InChI=1S/C11H13N3O/c1-9(15)14-6-3-2-4-10-8-13-7-5-11(10)12/h5,7-8H,3,6H2,1H3,(H2,12,13)(H,14,15). The molecule has 0 atom stereocenters. The third kappa shape index (κ3) is 4.14. The third-order valence-corrected chi connectivity index (χ3v) is 1.70. The van der Waals surface area contributed by atoms with Gasteiger partial charge in [-0.1, -0.05) is 11.8 Å². The van der Waals surface area contributed by atoms with Crippen molar-refractivity contribution in [3.8, 4) is 11.8 Å². The van der Waals surface area contributed by atoms with E-state index >= 15 is 0 Å². The van der Waals surface area contributed by atoms with Gasteiger partial charge in [0.05, 0.1) is 11.3 Å². The fraction of sp³-hybridized carbons (Fsp3) is 0.273. The summed E-state index contributed by atoms with van der Waals surface area (Å²) in [5, 5.41) is 2.66. The zero-order valence-electron chi connectivity index (χ0n) is 8.58. The Labute approximate surface area is 88.9 Å². The van der Waals surface area contributed by atoms with Crippen molar-refractivity contribution in [2.45, 2.75) is 13.3 Å². The molecule has 4 heteroatoms. The van der Waals surface area contributed by atoms with Gasteiger partial charge in [0.1, 0.15) is 0 Å². The lowest BCUT2D eigenvalue weighted by Crippen LogP contribution is -2.20. The highest BCUT2D eigenvalue weighted by Crippen LogP contribution is 2.05. The molecule has 4 nitrogen and oxygen atoms in total. The summed E-state index contributed by atoms with van der Waals surface area (Å²) in [5.41, 5.74) is 7.02. The number of nitrogens with two attached hydrogens (primary N) is 1. The van der Waals surface area contributed by atoms with Crippen LogP contribution in [0.4, 0.5) is 5.69 Å². The van der Waals surface area contributed by atoms with Crippen molar-refractivity contribution >= 4 is 11.6 Å². The van der Waals surface area contributed by atoms with E-state index < -0.39 is 0 Å². The average molecular weight is 203 g/mol. The first-order valence-corrected chi connectivity index (χ1v) is 4.63. The lowest BCUT2D eigenvalue weighted by molar-refractivity contribution is -0.118. The number of nitrogen functional groups attached to an aromatic ring is 1. The molecule has 0 bridgehead atoms. The third-order valence-electron chi connectivity index (χ3n) is 1.70. The quantitative estimate of drug-likeness (QED) is 0.544. The molecule has 3 N–H and O–H groups in total. The van der Waals surface area contributed by atoms with Crippen LogP contribution in [0.15, 0.2) is 18.5 Å². The SMILES string of the molecule is CC(=O)NCCC#Cc1cnccc1N. The van der Waals surface area contributed by atoms with Crippen molar-refractivity contribution in [2.75, 3.05) is 12.3 Å². The van der Waals surface area contributed by atoms with Gasteiger partial charge >= 0.3 is 0 Å². The maximum absolute atomic E-state index is 10.5. The van der Waals surface area contributed by atoms with Crippen LogP contribution in [0.25, 0.3) is 0 Å². The Morgan fingerprint density at radius 2 is 2.47 bits per heavy atom. The largest absolute Gasteiger partial charge is 0.398 e. The zero-order chi connectivity index (χ0) is 11.1. The minimum Gasteiger partial charge on any atom is -0.398 e. The Hall–Kier alpha value is -2.02. The van der Waals surface area contributed by atoms with Gasteiger partial charge in [-0.05, 0) is 6.07 Å². The highest BCUT2D eigenvalue weighted by atomic mass is 16.1. The zero-order valence-corrected chi connectivity index (χ0v) is 8.58. The van der Waals surface area contributed by atoms with Gasteiger partial charge in [0.15, 0.2) is 0 Å². The number of amides is 1. The van der Waals surface area contributed by atoms with Crippen molar-refractivity contribution in [2.24, 2.45) is 0 Å². The van der Waals surface area contributed by atoms with Gasteiger partial charge in [-0.25, -0.2) is 0 Å². The highest BCUT2D eigenvalue weighted by molar-refractivity contribution is 5.72. The molecule has 0 radical (unpaired) electrons. The summed E-state index contributed by atoms with van der Waals surface area (Å²) in [6.07, 6.45) is 3.85. The minimum atomic E-state index is -0.0438. The first-order valence-electron chi connectivity index (χ1n) is 4.63. The van der Waals surface area contributed by atoms with E-state index in [1.807, 2.05) is 0 Å². The van der Waals surface area contributed by atoms with Gasteiger partial charge < -0.3 is 11.1 Å². The molecule has 1 amide bonds. The number of anilines is 1. The number of pyridine rings is 1. The van der Waals surface area contributed by atoms with Crippen LogP contribution in [0.2, 0.25) is 0 Å². The van der Waals surface area contributed by atoms with Crippen molar-refractivity contribution in [1.29, 1.82) is 0 Å². The first-order chi connectivity index (χ1) is 7.20. The fourth-order valence-electron chi connectivity index (χ4n) is 0.968. The Balaban J connectivity index is 2.45. The second-order valence-electron chi connectivity index (χ2n) is 3.00. The molecule has 1 heterocycles. The molecule has 0 aliphatic carbocycles. The molecule has 1 aromatic rings. The van der Waals surface area contributed by atoms with Crippen LogP contribution in [-0.2, 0) is 4.79 Å². The van der Waals surface area contributed by atoms with E-state index in [4.69, 9.17) is 5.73 Å². The summed E-state index contributed by atoms with van der Waals surface area (Å²) in [5.74, 6) is 5.77. The smallest absolute Gasteiger partial charge is 0.216 e. The summed E-state index contributed by atoms with van der Waals surface area (Å²) >= 11 is 0. The summed E-state index contributed by atoms with van der Waals surface area (Å²) in [6.45, 7) is 2.04. The summed E-state index contributed by atoms with van der Waals surface area (Å²) in [4.78, 5) is 14.5. The highest BCUT2D eigenvalue weighted by Gasteiger charge is 1.92. The predicted octanol–water partition coefficient (Wildman–Crippen LogP) is 0.541. The number of nitrogens with one attached hydrogen (secondary N) is 1. The van der Waals surface area contributed by atoms with E-state index in [9.17, 15) is 4.79 Å². The van der Waals surface area contributed by atoms with Gasteiger partial charge in [-0.3, -0.25) is 9.78 Å². The first kappa shape index (κ1) is 11.1. The normalized spacial score (nSPS) is 8.87. The summed E-state index contributed by atoms with van der Waals surface area (Å²) in [7, 11) is 0. The molecule has 1 rings (SSSR count). The van der Waals surface area contributed by atoms with E-state index in [1.165, 1.54) is 6.92 Å². The fourth-order valence-corrected chi connectivity index (χ4v) is 0.968. The number of hydrogen-bond donors (Lipinski definition) is 2. The molecule has 0 saturated heterocycles. The van der Waals surface area contributed by atoms with Crippen LogP contribution in [0.3, 0.4) is 0 Å². The predicted molar refractivity (Wildman–Crippen MR) is 58.8 cm³/mol. The number of aromatic nitrogens is 1. The molecule has 78 valence electrons. The molecule has 0 fully saturated rings. The second kappa shape index (κ2) is 5.66. The van der Waals surface area contributed by atoms with Crippen molar-refractivity contribution in [3.05, 3.63) is 24.0 Å². The average Bonchev–Trinajstić information content (AvgIpc) is 2.20. The van der Waals surface area contributed by atoms with Crippen molar-refractivity contribution in [1.82, 2.24) is 10.3 Å². The molecule has 1 aromatic heterocycles. The van der Waals surface area contributed by atoms with Gasteiger partial charge in [0.25, 0.3) is 0 Å². The molecule has 0 aromatic carbocycles. The van der Waals surface area contributed by atoms with Crippen LogP contribution in [0, 0.1) is 11.8 Å². The summed E-state index contributed by atoms with van der Waals surface area (Å²) < 4.78 is 0. The Morgan fingerprint density at radius 3 is 3.13 bits per heavy atom. The number of carbonyl (C=O) groups is 1. The molecule has 0 saturated carbocycles. The maximum atomic E-state index is 10.5.